The lowest BCUT2D eigenvalue weighted by atomic mass is 9.94. The number of amides is 2. The molecule has 2 aromatic carbocycles. The van der Waals surface area contributed by atoms with Crippen molar-refractivity contribution in [3.63, 3.8) is 0 Å². The molecular formula is C24H21N3O3. The number of carbonyl (C=O) groups is 2. The van der Waals surface area contributed by atoms with Crippen molar-refractivity contribution in [1.29, 1.82) is 0 Å². The van der Waals surface area contributed by atoms with Gasteiger partial charge in [-0.25, -0.2) is 0 Å². The molecule has 6 nitrogen and oxygen atoms in total. The molecular weight excluding hydrogens is 378 g/mol. The minimum Gasteiger partial charge on any atom is -0.396 e. The molecule has 30 heavy (non-hydrogen) atoms. The standard InChI is InChI=1S/C24H21N3O3/c1-14-6-4-9-19-20(14)17(13-27(19)10-5-11-28)22-21(23(29)26-24(22)30)16-12-25-18-8-3-2-7-15(16)18/h2-4,6-9,12-13,25,28H,5,10-11H2,1H3,(H,26,29,30). The molecule has 0 spiro atoms. The molecule has 2 aromatic heterocycles. The summed E-state index contributed by atoms with van der Waals surface area (Å²) >= 11 is 0. The number of carbonyl (C=O) groups excluding carboxylic acids is 2. The topological polar surface area (TPSA) is 87.1 Å². The van der Waals surface area contributed by atoms with Crippen LogP contribution in [0.1, 0.15) is 23.1 Å². The average Bonchev–Trinajstić information content (AvgIpc) is 3.40. The highest BCUT2D eigenvalue weighted by atomic mass is 16.3. The summed E-state index contributed by atoms with van der Waals surface area (Å²) in [6.45, 7) is 2.72. The number of aliphatic hydroxyl groups is 1. The number of nitrogens with one attached hydrogen (secondary N) is 2. The van der Waals surface area contributed by atoms with Crippen LogP contribution in [0.3, 0.4) is 0 Å². The zero-order valence-corrected chi connectivity index (χ0v) is 16.5. The second-order valence-corrected chi connectivity index (χ2v) is 7.56. The minimum atomic E-state index is -0.385. The molecule has 0 radical (unpaired) electrons. The molecule has 1 aliphatic rings. The highest BCUT2D eigenvalue weighted by Crippen LogP contribution is 2.39. The number of H-pyrrole nitrogens is 1. The molecule has 0 atom stereocenters. The van der Waals surface area contributed by atoms with Gasteiger partial charge in [-0.1, -0.05) is 30.3 Å². The number of aromatic amines is 1. The van der Waals surface area contributed by atoms with Crippen molar-refractivity contribution in [3.8, 4) is 0 Å². The van der Waals surface area contributed by atoms with Crippen LogP contribution in [0.4, 0.5) is 0 Å². The Labute approximate surface area is 172 Å². The predicted molar refractivity (Wildman–Crippen MR) is 117 cm³/mol. The Kier molecular flexibility index (Phi) is 4.29. The second-order valence-electron chi connectivity index (χ2n) is 7.56. The van der Waals surface area contributed by atoms with Crippen molar-refractivity contribution < 1.29 is 14.7 Å². The summed E-state index contributed by atoms with van der Waals surface area (Å²) in [4.78, 5) is 29.0. The number of aryl methyl sites for hydroxylation is 2. The van der Waals surface area contributed by atoms with Crippen LogP contribution in [-0.2, 0) is 16.1 Å². The Morgan fingerprint density at radius 3 is 2.53 bits per heavy atom. The quantitative estimate of drug-likeness (QED) is 0.450. The van der Waals surface area contributed by atoms with E-state index in [1.807, 2.05) is 60.2 Å². The van der Waals surface area contributed by atoms with E-state index >= 15 is 0 Å². The summed E-state index contributed by atoms with van der Waals surface area (Å²) in [7, 11) is 0. The smallest absolute Gasteiger partial charge is 0.259 e. The molecule has 0 saturated heterocycles. The largest absolute Gasteiger partial charge is 0.396 e. The summed E-state index contributed by atoms with van der Waals surface area (Å²) in [5.41, 5.74) is 5.17. The Balaban J connectivity index is 1.82. The van der Waals surface area contributed by atoms with Crippen LogP contribution in [0.5, 0.6) is 0 Å². The molecule has 3 heterocycles. The summed E-state index contributed by atoms with van der Waals surface area (Å²) in [5, 5.41) is 13.6. The van der Waals surface area contributed by atoms with E-state index in [0.29, 0.717) is 29.7 Å². The molecule has 0 aliphatic carbocycles. The third-order valence-electron chi connectivity index (χ3n) is 5.73. The third kappa shape index (κ3) is 2.69. The number of aromatic nitrogens is 2. The van der Waals surface area contributed by atoms with Gasteiger partial charge in [-0.2, -0.15) is 0 Å². The normalized spacial score (nSPS) is 14.3. The van der Waals surface area contributed by atoms with Gasteiger partial charge in [-0.05, 0) is 31.0 Å². The number of fused-ring (bicyclic) bond motifs is 2. The Morgan fingerprint density at radius 1 is 0.967 bits per heavy atom. The van der Waals surface area contributed by atoms with E-state index in [2.05, 4.69) is 10.3 Å². The van der Waals surface area contributed by atoms with Gasteiger partial charge >= 0.3 is 0 Å². The monoisotopic (exact) mass is 399 g/mol. The molecule has 5 rings (SSSR count). The molecule has 0 fully saturated rings. The molecule has 0 saturated carbocycles. The Hall–Kier alpha value is -3.64. The molecule has 6 heteroatoms. The summed E-state index contributed by atoms with van der Waals surface area (Å²) in [6.07, 6.45) is 4.32. The van der Waals surface area contributed by atoms with E-state index in [1.165, 1.54) is 0 Å². The highest BCUT2D eigenvalue weighted by molar-refractivity contribution is 6.50. The van der Waals surface area contributed by atoms with Crippen molar-refractivity contribution in [1.82, 2.24) is 14.9 Å². The first-order valence-corrected chi connectivity index (χ1v) is 9.96. The second kappa shape index (κ2) is 7.00. The SMILES string of the molecule is Cc1cccc2c1c(C1=C(c3c[nH]c4ccccc34)C(=O)NC1=O)cn2CCCO. The first-order chi connectivity index (χ1) is 14.6. The predicted octanol–water partition coefficient (Wildman–Crippen LogP) is 3.38. The molecule has 150 valence electrons. The summed E-state index contributed by atoms with van der Waals surface area (Å²) in [6, 6.07) is 13.7. The minimum absolute atomic E-state index is 0.0864. The van der Waals surface area contributed by atoms with E-state index in [-0.39, 0.29) is 18.4 Å². The zero-order chi connectivity index (χ0) is 20.8. The zero-order valence-electron chi connectivity index (χ0n) is 16.5. The van der Waals surface area contributed by atoms with E-state index in [4.69, 9.17) is 0 Å². The Morgan fingerprint density at radius 2 is 1.73 bits per heavy atom. The fourth-order valence-electron chi connectivity index (χ4n) is 4.40. The fourth-order valence-corrected chi connectivity index (χ4v) is 4.40. The lowest BCUT2D eigenvalue weighted by Crippen LogP contribution is -2.22. The lowest BCUT2D eigenvalue weighted by Gasteiger charge is -2.05. The number of nitrogens with zero attached hydrogens (tertiary/aromatic N) is 1. The van der Waals surface area contributed by atoms with E-state index in [9.17, 15) is 14.7 Å². The Bertz CT molecular complexity index is 1360. The molecule has 3 N–H and O–H groups in total. The van der Waals surface area contributed by atoms with Crippen LogP contribution in [-0.4, -0.2) is 33.1 Å². The van der Waals surface area contributed by atoms with Gasteiger partial charge in [-0.15, -0.1) is 0 Å². The van der Waals surface area contributed by atoms with Crippen molar-refractivity contribution >= 4 is 44.8 Å². The van der Waals surface area contributed by atoms with Gasteiger partial charge in [0.25, 0.3) is 11.8 Å². The molecule has 0 bridgehead atoms. The van der Waals surface area contributed by atoms with Crippen molar-refractivity contribution in [2.45, 2.75) is 19.9 Å². The van der Waals surface area contributed by atoms with Gasteiger partial charge in [0.05, 0.1) is 11.1 Å². The third-order valence-corrected chi connectivity index (χ3v) is 5.73. The lowest BCUT2D eigenvalue weighted by molar-refractivity contribution is -0.122. The van der Waals surface area contributed by atoms with Crippen molar-refractivity contribution in [2.24, 2.45) is 0 Å². The molecule has 1 aliphatic heterocycles. The van der Waals surface area contributed by atoms with Crippen LogP contribution < -0.4 is 5.32 Å². The average molecular weight is 399 g/mol. The van der Waals surface area contributed by atoms with Gasteiger partial charge in [-0.3, -0.25) is 14.9 Å². The number of aliphatic hydroxyl groups excluding tert-OH is 1. The van der Waals surface area contributed by atoms with Gasteiger partial charge in [0.15, 0.2) is 0 Å². The molecule has 4 aromatic rings. The van der Waals surface area contributed by atoms with Crippen LogP contribution >= 0.6 is 0 Å². The van der Waals surface area contributed by atoms with E-state index in [0.717, 1.165) is 32.9 Å². The van der Waals surface area contributed by atoms with Gasteiger partial charge in [0.2, 0.25) is 0 Å². The maximum absolute atomic E-state index is 13.0. The van der Waals surface area contributed by atoms with Crippen LogP contribution in [0, 0.1) is 6.92 Å². The molecule has 2 amide bonds. The van der Waals surface area contributed by atoms with Crippen molar-refractivity contribution in [3.05, 3.63) is 71.5 Å². The number of imide groups is 1. The summed E-state index contributed by atoms with van der Waals surface area (Å²) in [5.74, 6) is -0.769. The number of para-hydroxylation sites is 1. The number of benzene rings is 2. The maximum Gasteiger partial charge on any atom is 0.259 e. The first-order valence-electron chi connectivity index (χ1n) is 9.96. The van der Waals surface area contributed by atoms with Crippen LogP contribution in [0.15, 0.2) is 54.9 Å². The number of hydrogen-bond acceptors (Lipinski definition) is 3. The number of rotatable bonds is 5. The highest BCUT2D eigenvalue weighted by Gasteiger charge is 2.35. The first kappa shape index (κ1) is 18.4. The van der Waals surface area contributed by atoms with E-state index in [1.54, 1.807) is 6.20 Å². The van der Waals surface area contributed by atoms with Gasteiger partial charge < -0.3 is 14.7 Å². The van der Waals surface area contributed by atoms with Gasteiger partial charge in [0, 0.05) is 58.5 Å². The van der Waals surface area contributed by atoms with Crippen LogP contribution in [0.2, 0.25) is 0 Å². The number of hydrogen-bond donors (Lipinski definition) is 3. The van der Waals surface area contributed by atoms with E-state index < -0.39 is 0 Å². The van der Waals surface area contributed by atoms with Crippen molar-refractivity contribution in [2.75, 3.05) is 6.61 Å². The van der Waals surface area contributed by atoms with Crippen LogP contribution in [0.25, 0.3) is 33.0 Å². The maximum atomic E-state index is 13.0. The fraction of sp³-hybridized carbons (Fsp3) is 0.167. The molecule has 0 unspecified atom stereocenters. The van der Waals surface area contributed by atoms with Gasteiger partial charge in [0.1, 0.15) is 0 Å². The summed E-state index contributed by atoms with van der Waals surface area (Å²) < 4.78 is 2.05.